The van der Waals surface area contributed by atoms with Gasteiger partial charge in [0.15, 0.2) is 0 Å². The lowest BCUT2D eigenvalue weighted by atomic mass is 10.1. The van der Waals surface area contributed by atoms with E-state index in [0.717, 1.165) is 17.8 Å². The fourth-order valence-corrected chi connectivity index (χ4v) is 4.13. The van der Waals surface area contributed by atoms with Crippen LogP contribution in [0.25, 0.3) is 0 Å². The van der Waals surface area contributed by atoms with Gasteiger partial charge in [0.1, 0.15) is 0 Å². The Balaban J connectivity index is 1.56. The molecule has 2 aliphatic rings. The Morgan fingerprint density at radius 3 is 3.05 bits per heavy atom. The van der Waals surface area contributed by atoms with Gasteiger partial charge in [-0.25, -0.2) is 0 Å². The van der Waals surface area contributed by atoms with Crippen molar-refractivity contribution in [1.29, 1.82) is 0 Å². The van der Waals surface area contributed by atoms with Gasteiger partial charge in [-0.2, -0.15) is 11.8 Å². The highest BCUT2D eigenvalue weighted by molar-refractivity contribution is 7.99. The predicted molar refractivity (Wildman–Crippen MR) is 85.2 cm³/mol. The number of hydrogen-bond acceptors (Lipinski definition) is 3. The molecule has 0 amide bonds. The number of rotatable bonds is 4. The molecule has 2 atom stereocenters. The largest absolute Gasteiger partial charge is 0.374 e. The van der Waals surface area contributed by atoms with Crippen LogP contribution in [0, 0.1) is 0 Å². The molecule has 1 aliphatic carbocycles. The maximum absolute atomic E-state index is 3.74. The summed E-state index contributed by atoms with van der Waals surface area (Å²) in [5.74, 6) is 0. The molecule has 1 fully saturated rings. The molecule has 0 spiro atoms. The maximum Gasteiger partial charge on any atom is 0.0397 e. The van der Waals surface area contributed by atoms with Crippen LogP contribution in [0.15, 0.2) is 18.2 Å². The Morgan fingerprint density at radius 2 is 2.26 bits per heavy atom. The SMILES string of the molecule is CSC1CCC(NCc2ccc3c(c2)CCN3C)C1. The van der Waals surface area contributed by atoms with Crippen LogP contribution < -0.4 is 10.2 Å². The molecule has 3 heteroatoms. The van der Waals surface area contributed by atoms with Crippen molar-refractivity contribution in [2.45, 2.75) is 43.5 Å². The zero-order chi connectivity index (χ0) is 13.2. The molecular formula is C16H24N2S. The standard InChI is InChI=1S/C16H24N2S/c1-18-8-7-13-9-12(3-6-16(13)18)11-17-14-4-5-15(10-14)19-2/h3,6,9,14-15,17H,4-5,7-8,10-11H2,1-2H3. The fourth-order valence-electron chi connectivity index (χ4n) is 3.33. The number of nitrogens with zero attached hydrogens (tertiary/aromatic N) is 1. The van der Waals surface area contributed by atoms with Crippen molar-refractivity contribution >= 4 is 17.4 Å². The van der Waals surface area contributed by atoms with Crippen LogP contribution in [0.4, 0.5) is 5.69 Å². The molecule has 3 rings (SSSR count). The van der Waals surface area contributed by atoms with E-state index in [9.17, 15) is 0 Å². The summed E-state index contributed by atoms with van der Waals surface area (Å²) in [6, 6.07) is 7.70. The van der Waals surface area contributed by atoms with E-state index in [4.69, 9.17) is 0 Å². The van der Waals surface area contributed by atoms with Crippen LogP contribution in [0.5, 0.6) is 0 Å². The Kier molecular flexibility index (Phi) is 4.04. The summed E-state index contributed by atoms with van der Waals surface area (Å²) < 4.78 is 0. The Hall–Kier alpha value is -0.670. The van der Waals surface area contributed by atoms with Crippen molar-refractivity contribution in [3.8, 4) is 0 Å². The first-order valence-electron chi connectivity index (χ1n) is 7.35. The molecule has 1 aliphatic heterocycles. The van der Waals surface area contributed by atoms with Crippen LogP contribution in [0.3, 0.4) is 0 Å². The van der Waals surface area contributed by atoms with Gasteiger partial charge in [-0.3, -0.25) is 0 Å². The van der Waals surface area contributed by atoms with Gasteiger partial charge in [0.05, 0.1) is 0 Å². The van der Waals surface area contributed by atoms with Gasteiger partial charge < -0.3 is 10.2 Å². The van der Waals surface area contributed by atoms with E-state index in [-0.39, 0.29) is 0 Å². The summed E-state index contributed by atoms with van der Waals surface area (Å²) >= 11 is 2.03. The average Bonchev–Trinajstić information content (AvgIpc) is 3.03. The smallest absolute Gasteiger partial charge is 0.0397 e. The molecule has 0 bridgehead atoms. The van der Waals surface area contributed by atoms with Crippen LogP contribution >= 0.6 is 11.8 Å². The second kappa shape index (κ2) is 5.76. The second-order valence-corrected chi connectivity index (χ2v) is 7.02. The van der Waals surface area contributed by atoms with E-state index in [2.05, 4.69) is 41.7 Å². The molecule has 0 saturated heterocycles. The van der Waals surface area contributed by atoms with Crippen molar-refractivity contribution in [3.63, 3.8) is 0 Å². The molecule has 1 aromatic rings. The highest BCUT2D eigenvalue weighted by atomic mass is 32.2. The highest BCUT2D eigenvalue weighted by Crippen LogP contribution is 2.29. The molecule has 104 valence electrons. The third-order valence-corrected chi connectivity index (χ3v) is 5.68. The van der Waals surface area contributed by atoms with Crippen molar-refractivity contribution in [2.24, 2.45) is 0 Å². The summed E-state index contributed by atoms with van der Waals surface area (Å²) in [5.41, 5.74) is 4.39. The zero-order valence-corrected chi connectivity index (χ0v) is 12.8. The van der Waals surface area contributed by atoms with Crippen molar-refractivity contribution in [1.82, 2.24) is 5.32 Å². The minimum Gasteiger partial charge on any atom is -0.374 e. The quantitative estimate of drug-likeness (QED) is 0.910. The van der Waals surface area contributed by atoms with Crippen LogP contribution in [-0.2, 0) is 13.0 Å². The fraction of sp³-hybridized carbons (Fsp3) is 0.625. The number of benzene rings is 1. The van der Waals surface area contributed by atoms with Crippen LogP contribution in [0.1, 0.15) is 30.4 Å². The number of thioether (sulfide) groups is 1. The molecule has 1 heterocycles. The maximum atomic E-state index is 3.74. The summed E-state index contributed by atoms with van der Waals surface area (Å²) in [7, 11) is 2.19. The first-order valence-corrected chi connectivity index (χ1v) is 8.64. The van der Waals surface area contributed by atoms with Gasteiger partial charge in [-0.1, -0.05) is 12.1 Å². The number of nitrogens with one attached hydrogen (secondary N) is 1. The third kappa shape index (κ3) is 2.92. The summed E-state index contributed by atoms with van der Waals surface area (Å²) in [6.45, 7) is 2.20. The van der Waals surface area contributed by atoms with Crippen molar-refractivity contribution in [2.75, 3.05) is 24.7 Å². The Morgan fingerprint density at radius 1 is 1.37 bits per heavy atom. The van der Waals surface area contributed by atoms with Crippen molar-refractivity contribution < 1.29 is 0 Å². The number of fused-ring (bicyclic) bond motifs is 1. The number of hydrogen-bond donors (Lipinski definition) is 1. The number of likely N-dealkylation sites (N-methyl/N-ethyl adjacent to an activating group) is 1. The summed E-state index contributed by atoms with van der Waals surface area (Å²) in [5, 5.41) is 4.62. The Bertz CT molecular complexity index is 446. The topological polar surface area (TPSA) is 15.3 Å². The van der Waals surface area contributed by atoms with E-state index in [0.29, 0.717) is 0 Å². The minimum atomic E-state index is 0.730. The molecule has 1 N–H and O–H groups in total. The lowest BCUT2D eigenvalue weighted by Gasteiger charge is -2.15. The second-order valence-electron chi connectivity index (χ2n) is 5.88. The molecule has 2 unspecified atom stereocenters. The Labute approximate surface area is 121 Å². The third-order valence-electron chi connectivity index (χ3n) is 4.58. The monoisotopic (exact) mass is 276 g/mol. The molecule has 0 aromatic heterocycles. The van der Waals surface area contributed by atoms with Crippen LogP contribution in [0.2, 0.25) is 0 Å². The summed E-state index contributed by atoms with van der Waals surface area (Å²) in [4.78, 5) is 2.35. The lowest BCUT2D eigenvalue weighted by molar-refractivity contribution is 0.525. The lowest BCUT2D eigenvalue weighted by Crippen LogP contribution is -2.26. The molecular weight excluding hydrogens is 252 g/mol. The average molecular weight is 276 g/mol. The van der Waals surface area contributed by atoms with Gasteiger partial charge in [0.25, 0.3) is 0 Å². The highest BCUT2D eigenvalue weighted by Gasteiger charge is 2.23. The van der Waals surface area contributed by atoms with Gasteiger partial charge >= 0.3 is 0 Å². The number of anilines is 1. The normalized spacial score (nSPS) is 25.9. The molecule has 1 aromatic carbocycles. The zero-order valence-electron chi connectivity index (χ0n) is 12.0. The van der Waals surface area contributed by atoms with Gasteiger partial charge in [0, 0.05) is 37.1 Å². The van der Waals surface area contributed by atoms with E-state index in [1.54, 1.807) is 0 Å². The van der Waals surface area contributed by atoms with E-state index < -0.39 is 0 Å². The minimum absolute atomic E-state index is 0.730. The molecule has 1 saturated carbocycles. The molecule has 19 heavy (non-hydrogen) atoms. The molecule has 0 radical (unpaired) electrons. The molecule has 2 nitrogen and oxygen atoms in total. The summed E-state index contributed by atoms with van der Waals surface area (Å²) in [6.07, 6.45) is 7.52. The predicted octanol–water partition coefficient (Wildman–Crippen LogP) is 3.05. The van der Waals surface area contributed by atoms with Gasteiger partial charge in [-0.05, 0) is 49.1 Å². The van der Waals surface area contributed by atoms with Crippen LogP contribution in [-0.4, -0.2) is 31.1 Å². The first-order chi connectivity index (χ1) is 9.26. The van der Waals surface area contributed by atoms with E-state index in [1.807, 2.05) is 11.8 Å². The van der Waals surface area contributed by atoms with E-state index >= 15 is 0 Å². The van der Waals surface area contributed by atoms with Gasteiger partial charge in [-0.15, -0.1) is 0 Å². The van der Waals surface area contributed by atoms with Gasteiger partial charge in [0.2, 0.25) is 0 Å². The first kappa shape index (κ1) is 13.3. The van der Waals surface area contributed by atoms with E-state index in [1.165, 1.54) is 49.0 Å². The van der Waals surface area contributed by atoms with Crippen molar-refractivity contribution in [3.05, 3.63) is 29.3 Å².